The Balaban J connectivity index is 1.89. The predicted octanol–water partition coefficient (Wildman–Crippen LogP) is 1.51. The van der Waals surface area contributed by atoms with Crippen molar-refractivity contribution in [2.75, 3.05) is 19.8 Å². The van der Waals surface area contributed by atoms with Gasteiger partial charge in [0, 0.05) is 25.6 Å². The van der Waals surface area contributed by atoms with Gasteiger partial charge in [0.05, 0.1) is 29.6 Å². The summed E-state index contributed by atoms with van der Waals surface area (Å²) in [4.78, 5) is 0. The van der Waals surface area contributed by atoms with Crippen LogP contribution in [0.5, 0.6) is 0 Å². The minimum Gasteiger partial charge on any atom is -0.380 e. The second kappa shape index (κ2) is 4.35. The summed E-state index contributed by atoms with van der Waals surface area (Å²) >= 11 is 6.16. The molecule has 4 nitrogen and oxygen atoms in total. The second-order valence-corrected chi connectivity index (χ2v) is 5.25. The topological polar surface area (TPSA) is 39.1 Å². The highest BCUT2D eigenvalue weighted by Crippen LogP contribution is 2.25. The van der Waals surface area contributed by atoms with Crippen molar-refractivity contribution < 1.29 is 4.74 Å². The average molecular weight is 244 g/mol. The summed E-state index contributed by atoms with van der Waals surface area (Å²) in [6.45, 7) is 7.54. The van der Waals surface area contributed by atoms with Crippen molar-refractivity contribution in [3.63, 3.8) is 0 Å². The quantitative estimate of drug-likeness (QED) is 0.871. The Bertz CT molecular complexity index is 385. The van der Waals surface area contributed by atoms with E-state index in [1.54, 1.807) is 0 Å². The summed E-state index contributed by atoms with van der Waals surface area (Å²) in [5.74, 6) is 0. The monoisotopic (exact) mass is 243 g/mol. The third kappa shape index (κ3) is 2.24. The summed E-state index contributed by atoms with van der Waals surface area (Å²) in [5, 5.41) is 8.46. The number of hydrogen-bond donors (Lipinski definition) is 1. The van der Waals surface area contributed by atoms with E-state index in [-0.39, 0.29) is 0 Å². The first kappa shape index (κ1) is 11.9. The first-order valence-corrected chi connectivity index (χ1v) is 5.86. The smallest absolute Gasteiger partial charge is 0.0860 e. The maximum atomic E-state index is 6.16. The number of halogens is 1. The van der Waals surface area contributed by atoms with Crippen LogP contribution in [0.25, 0.3) is 0 Å². The Labute approximate surface area is 101 Å². The lowest BCUT2D eigenvalue weighted by Gasteiger charge is -2.38. The molecule has 1 saturated heterocycles. The van der Waals surface area contributed by atoms with Crippen LogP contribution in [-0.4, -0.2) is 29.5 Å². The zero-order valence-electron chi connectivity index (χ0n) is 10.0. The molecule has 2 rings (SSSR count). The van der Waals surface area contributed by atoms with E-state index in [1.807, 2.05) is 18.7 Å². The molecule has 0 unspecified atom stereocenters. The molecule has 0 spiro atoms. The van der Waals surface area contributed by atoms with Crippen LogP contribution in [0.2, 0.25) is 5.02 Å². The molecule has 5 heteroatoms. The number of aromatic nitrogens is 2. The van der Waals surface area contributed by atoms with Gasteiger partial charge in [0.2, 0.25) is 0 Å². The van der Waals surface area contributed by atoms with Crippen molar-refractivity contribution in [2.24, 2.45) is 12.5 Å². The first-order chi connectivity index (χ1) is 7.52. The highest BCUT2D eigenvalue weighted by molar-refractivity contribution is 6.31. The molecule has 0 saturated carbocycles. The Kier molecular flexibility index (Phi) is 3.24. The maximum Gasteiger partial charge on any atom is 0.0860 e. The second-order valence-electron chi connectivity index (χ2n) is 4.88. The van der Waals surface area contributed by atoms with Gasteiger partial charge in [0.25, 0.3) is 0 Å². The largest absolute Gasteiger partial charge is 0.380 e. The molecule has 1 N–H and O–H groups in total. The fourth-order valence-corrected chi connectivity index (χ4v) is 2.13. The molecule has 1 aromatic rings. The normalized spacial score (nSPS) is 18.5. The van der Waals surface area contributed by atoms with Crippen molar-refractivity contribution in [1.82, 2.24) is 15.1 Å². The molecule has 2 heterocycles. The molecule has 16 heavy (non-hydrogen) atoms. The Morgan fingerprint density at radius 1 is 1.56 bits per heavy atom. The molecule has 0 bridgehead atoms. The molecule has 0 radical (unpaired) electrons. The van der Waals surface area contributed by atoms with E-state index in [0.29, 0.717) is 5.41 Å². The van der Waals surface area contributed by atoms with Crippen molar-refractivity contribution in [3.05, 3.63) is 16.4 Å². The summed E-state index contributed by atoms with van der Waals surface area (Å²) in [7, 11) is 1.92. The molecule has 0 atom stereocenters. The fourth-order valence-electron chi connectivity index (χ4n) is 1.91. The van der Waals surface area contributed by atoms with Gasteiger partial charge in [0.15, 0.2) is 0 Å². The minimum absolute atomic E-state index is 0.292. The lowest BCUT2D eigenvalue weighted by Crippen LogP contribution is -2.47. The van der Waals surface area contributed by atoms with E-state index in [4.69, 9.17) is 16.3 Å². The number of nitrogens with zero attached hydrogens (tertiary/aromatic N) is 2. The average Bonchev–Trinajstić information content (AvgIpc) is 2.42. The van der Waals surface area contributed by atoms with Gasteiger partial charge < -0.3 is 10.1 Å². The number of nitrogens with one attached hydrogen (secondary N) is 1. The highest BCUT2D eigenvalue weighted by Gasteiger charge is 2.32. The van der Waals surface area contributed by atoms with Crippen LogP contribution in [0.15, 0.2) is 0 Å². The molecule has 1 aliphatic rings. The van der Waals surface area contributed by atoms with Crippen molar-refractivity contribution in [2.45, 2.75) is 20.4 Å². The molecule has 0 aliphatic carbocycles. The van der Waals surface area contributed by atoms with Gasteiger partial charge in [-0.25, -0.2) is 0 Å². The number of aryl methyl sites for hydroxylation is 2. The first-order valence-electron chi connectivity index (χ1n) is 5.48. The number of ether oxygens (including phenoxy) is 1. The lowest BCUT2D eigenvalue weighted by molar-refractivity contribution is -0.0992. The van der Waals surface area contributed by atoms with E-state index in [9.17, 15) is 0 Å². The molecule has 90 valence electrons. The third-order valence-corrected chi connectivity index (χ3v) is 3.50. The molecular weight excluding hydrogens is 226 g/mol. The van der Waals surface area contributed by atoms with Crippen molar-refractivity contribution in [1.29, 1.82) is 0 Å². The lowest BCUT2D eigenvalue weighted by atomic mass is 9.89. The van der Waals surface area contributed by atoms with Gasteiger partial charge in [-0.3, -0.25) is 4.68 Å². The molecule has 0 amide bonds. The Hall–Kier alpha value is -0.580. The van der Waals surface area contributed by atoms with E-state index >= 15 is 0 Å². The zero-order chi connectivity index (χ0) is 11.8. The highest BCUT2D eigenvalue weighted by atomic mass is 35.5. The van der Waals surface area contributed by atoms with E-state index in [0.717, 1.165) is 42.7 Å². The summed E-state index contributed by atoms with van der Waals surface area (Å²) in [5.41, 5.74) is 2.22. The maximum absolute atomic E-state index is 6.16. The summed E-state index contributed by atoms with van der Waals surface area (Å²) in [6.07, 6.45) is 0. The number of hydrogen-bond acceptors (Lipinski definition) is 3. The number of rotatable bonds is 4. The van der Waals surface area contributed by atoms with Gasteiger partial charge in [-0.15, -0.1) is 0 Å². The van der Waals surface area contributed by atoms with E-state index < -0.39 is 0 Å². The van der Waals surface area contributed by atoms with Crippen LogP contribution in [0.4, 0.5) is 0 Å². The van der Waals surface area contributed by atoms with Crippen LogP contribution >= 0.6 is 11.6 Å². The fraction of sp³-hybridized carbons (Fsp3) is 0.727. The van der Waals surface area contributed by atoms with Gasteiger partial charge in [-0.05, 0) is 6.92 Å². The van der Waals surface area contributed by atoms with Crippen molar-refractivity contribution in [3.8, 4) is 0 Å². The Morgan fingerprint density at radius 2 is 2.25 bits per heavy atom. The Morgan fingerprint density at radius 3 is 2.69 bits per heavy atom. The zero-order valence-corrected chi connectivity index (χ0v) is 10.8. The molecule has 0 aromatic carbocycles. The predicted molar refractivity (Wildman–Crippen MR) is 63.6 cm³/mol. The van der Waals surface area contributed by atoms with Crippen LogP contribution in [0.3, 0.4) is 0 Å². The minimum atomic E-state index is 0.292. The molecular formula is C11H18ClN3O. The van der Waals surface area contributed by atoms with Crippen molar-refractivity contribution >= 4 is 11.6 Å². The van der Waals surface area contributed by atoms with Gasteiger partial charge in [0.1, 0.15) is 0 Å². The third-order valence-electron chi connectivity index (χ3n) is 3.01. The van der Waals surface area contributed by atoms with E-state index in [1.165, 1.54) is 0 Å². The van der Waals surface area contributed by atoms with Crippen LogP contribution in [0, 0.1) is 12.3 Å². The van der Waals surface area contributed by atoms with Crippen LogP contribution < -0.4 is 5.32 Å². The van der Waals surface area contributed by atoms with Gasteiger partial charge in [-0.1, -0.05) is 18.5 Å². The molecule has 1 aromatic heterocycles. The van der Waals surface area contributed by atoms with Gasteiger partial charge in [-0.2, -0.15) is 5.10 Å². The summed E-state index contributed by atoms with van der Waals surface area (Å²) < 4.78 is 7.05. The molecule has 1 fully saturated rings. The molecule has 1 aliphatic heterocycles. The van der Waals surface area contributed by atoms with Gasteiger partial charge >= 0.3 is 0 Å². The van der Waals surface area contributed by atoms with E-state index in [2.05, 4.69) is 17.3 Å². The SMILES string of the molecule is Cc1nn(C)c(CNCC2(C)COC2)c1Cl. The standard InChI is InChI=1S/C11H18ClN3O/c1-8-10(12)9(15(3)14-8)4-13-5-11(2)6-16-7-11/h13H,4-7H2,1-3H3. The van der Waals surface area contributed by atoms with Crippen LogP contribution in [0.1, 0.15) is 18.3 Å². The summed E-state index contributed by atoms with van der Waals surface area (Å²) in [6, 6.07) is 0. The van der Waals surface area contributed by atoms with Crippen LogP contribution in [-0.2, 0) is 18.3 Å².